The molecular formula is C11H25NO4S. The first-order valence-corrected chi connectivity index (χ1v) is 7.77. The number of nitrogens with one attached hydrogen (secondary N) is 1. The molecule has 0 aliphatic carbocycles. The van der Waals surface area contributed by atoms with Crippen LogP contribution in [0.4, 0.5) is 0 Å². The summed E-state index contributed by atoms with van der Waals surface area (Å²) in [6.45, 7) is 5.32. The van der Waals surface area contributed by atoms with Gasteiger partial charge in [0.1, 0.15) is 9.84 Å². The maximum absolute atomic E-state index is 11.3. The van der Waals surface area contributed by atoms with E-state index in [0.717, 1.165) is 6.54 Å². The number of ether oxygens (including phenoxy) is 1. The normalized spacial score (nSPS) is 15.8. The van der Waals surface area contributed by atoms with Gasteiger partial charge < -0.3 is 15.2 Å². The van der Waals surface area contributed by atoms with Gasteiger partial charge in [-0.25, -0.2) is 8.42 Å². The first kappa shape index (κ1) is 16.8. The second kappa shape index (κ2) is 8.02. The Kier molecular flexibility index (Phi) is 7.94. The van der Waals surface area contributed by atoms with Gasteiger partial charge in [0, 0.05) is 19.4 Å². The van der Waals surface area contributed by atoms with Crippen LogP contribution < -0.4 is 5.32 Å². The molecule has 0 fully saturated rings. The van der Waals surface area contributed by atoms with E-state index in [-0.39, 0.29) is 17.9 Å². The molecular weight excluding hydrogens is 242 g/mol. The molecule has 2 N–H and O–H groups in total. The molecule has 6 heteroatoms. The lowest BCUT2D eigenvalue weighted by Crippen LogP contribution is -2.33. The van der Waals surface area contributed by atoms with Crippen LogP contribution in [-0.4, -0.2) is 57.4 Å². The first-order chi connectivity index (χ1) is 7.83. The van der Waals surface area contributed by atoms with Crippen molar-refractivity contribution in [1.82, 2.24) is 5.32 Å². The zero-order valence-electron chi connectivity index (χ0n) is 11.0. The van der Waals surface area contributed by atoms with E-state index < -0.39 is 15.4 Å². The van der Waals surface area contributed by atoms with Gasteiger partial charge >= 0.3 is 0 Å². The molecule has 0 aliphatic rings. The van der Waals surface area contributed by atoms with Gasteiger partial charge in [0.15, 0.2) is 0 Å². The number of rotatable bonds is 10. The predicted octanol–water partition coefficient (Wildman–Crippen LogP) is 0.188. The fraction of sp³-hybridized carbons (Fsp3) is 1.00. The Balaban J connectivity index is 3.80. The third-order valence-electron chi connectivity index (χ3n) is 2.71. The highest BCUT2D eigenvalue weighted by molar-refractivity contribution is 7.91. The van der Waals surface area contributed by atoms with Gasteiger partial charge in [-0.15, -0.1) is 0 Å². The van der Waals surface area contributed by atoms with Crippen LogP contribution in [0.15, 0.2) is 0 Å². The summed E-state index contributed by atoms with van der Waals surface area (Å²) >= 11 is 0. The van der Waals surface area contributed by atoms with Crippen LogP contribution in [0.1, 0.15) is 26.7 Å². The van der Waals surface area contributed by atoms with Gasteiger partial charge in [-0.1, -0.05) is 6.92 Å². The minimum Gasteiger partial charge on any atom is -0.390 e. The molecule has 104 valence electrons. The van der Waals surface area contributed by atoms with Gasteiger partial charge in [-0.2, -0.15) is 0 Å². The Morgan fingerprint density at radius 2 is 1.94 bits per heavy atom. The zero-order chi connectivity index (χ0) is 13.4. The molecule has 17 heavy (non-hydrogen) atoms. The Morgan fingerprint density at radius 3 is 2.47 bits per heavy atom. The van der Waals surface area contributed by atoms with Crippen molar-refractivity contribution in [3.63, 3.8) is 0 Å². The van der Waals surface area contributed by atoms with Crippen molar-refractivity contribution in [3.8, 4) is 0 Å². The standard InChI is InChI=1S/C11H25NO4S/c1-4-17(14,15)10-6-11(2,13)5-7-12-8-9-16-3/h12-13H,4-10H2,1-3H3. The fourth-order valence-corrected chi connectivity index (χ4v) is 2.34. The number of methoxy groups -OCH3 is 1. The summed E-state index contributed by atoms with van der Waals surface area (Å²) in [6, 6.07) is 0. The summed E-state index contributed by atoms with van der Waals surface area (Å²) in [7, 11) is -1.36. The quantitative estimate of drug-likeness (QED) is 0.553. The highest BCUT2D eigenvalue weighted by Crippen LogP contribution is 2.15. The van der Waals surface area contributed by atoms with Gasteiger partial charge in [-0.3, -0.25) is 0 Å². The van der Waals surface area contributed by atoms with Crippen molar-refractivity contribution < 1.29 is 18.3 Å². The van der Waals surface area contributed by atoms with Gasteiger partial charge in [0.25, 0.3) is 0 Å². The SMILES string of the molecule is CCS(=O)(=O)CCC(C)(O)CCNCCOC. The molecule has 0 radical (unpaired) electrons. The van der Waals surface area contributed by atoms with Crippen molar-refractivity contribution in [2.45, 2.75) is 32.3 Å². The van der Waals surface area contributed by atoms with Crippen LogP contribution in [0.3, 0.4) is 0 Å². The summed E-state index contributed by atoms with van der Waals surface area (Å²) in [5.74, 6) is 0.184. The average Bonchev–Trinajstić information content (AvgIpc) is 2.27. The largest absolute Gasteiger partial charge is 0.390 e. The number of hydrogen-bond donors (Lipinski definition) is 2. The Hall–Kier alpha value is -0.170. The fourth-order valence-electron chi connectivity index (χ4n) is 1.30. The van der Waals surface area contributed by atoms with E-state index in [1.54, 1.807) is 21.0 Å². The van der Waals surface area contributed by atoms with Crippen molar-refractivity contribution >= 4 is 9.84 Å². The molecule has 0 saturated carbocycles. The molecule has 0 rings (SSSR count). The Morgan fingerprint density at radius 1 is 1.29 bits per heavy atom. The maximum atomic E-state index is 11.3. The average molecular weight is 267 g/mol. The van der Waals surface area contributed by atoms with Crippen LogP contribution >= 0.6 is 0 Å². The topological polar surface area (TPSA) is 75.6 Å². The minimum absolute atomic E-state index is 0.0502. The summed E-state index contributed by atoms with van der Waals surface area (Å²) in [5.41, 5.74) is -0.928. The van der Waals surface area contributed by atoms with E-state index in [0.29, 0.717) is 19.6 Å². The van der Waals surface area contributed by atoms with E-state index in [1.165, 1.54) is 0 Å². The Labute approximate surface area is 104 Å². The van der Waals surface area contributed by atoms with Crippen molar-refractivity contribution in [2.75, 3.05) is 38.3 Å². The summed E-state index contributed by atoms with van der Waals surface area (Å²) in [4.78, 5) is 0. The lowest BCUT2D eigenvalue weighted by Gasteiger charge is -2.23. The molecule has 1 atom stereocenters. The first-order valence-electron chi connectivity index (χ1n) is 5.95. The minimum atomic E-state index is -2.99. The van der Waals surface area contributed by atoms with Gasteiger partial charge in [0.2, 0.25) is 0 Å². The molecule has 5 nitrogen and oxygen atoms in total. The Bertz CT molecular complexity index is 288. The lowest BCUT2D eigenvalue weighted by atomic mass is 9.99. The molecule has 0 aliphatic heterocycles. The van der Waals surface area contributed by atoms with Crippen LogP contribution in [0.25, 0.3) is 0 Å². The predicted molar refractivity (Wildman–Crippen MR) is 68.9 cm³/mol. The molecule has 0 aromatic rings. The highest BCUT2D eigenvalue weighted by Gasteiger charge is 2.22. The molecule has 1 unspecified atom stereocenters. The number of aliphatic hydroxyl groups is 1. The van der Waals surface area contributed by atoms with Gasteiger partial charge in [-0.05, 0) is 26.3 Å². The van der Waals surface area contributed by atoms with Crippen LogP contribution in [0.5, 0.6) is 0 Å². The number of hydrogen-bond acceptors (Lipinski definition) is 5. The van der Waals surface area contributed by atoms with E-state index in [4.69, 9.17) is 4.74 Å². The van der Waals surface area contributed by atoms with Crippen molar-refractivity contribution in [1.29, 1.82) is 0 Å². The lowest BCUT2D eigenvalue weighted by molar-refractivity contribution is 0.0475. The van der Waals surface area contributed by atoms with E-state index in [9.17, 15) is 13.5 Å². The molecule has 0 amide bonds. The molecule has 0 spiro atoms. The van der Waals surface area contributed by atoms with E-state index >= 15 is 0 Å². The number of sulfone groups is 1. The summed E-state index contributed by atoms with van der Waals surface area (Å²) in [5, 5.41) is 13.1. The monoisotopic (exact) mass is 267 g/mol. The maximum Gasteiger partial charge on any atom is 0.150 e. The van der Waals surface area contributed by atoms with Crippen LogP contribution in [0.2, 0.25) is 0 Å². The molecule has 0 aromatic carbocycles. The molecule has 0 bridgehead atoms. The van der Waals surface area contributed by atoms with Crippen LogP contribution in [-0.2, 0) is 14.6 Å². The van der Waals surface area contributed by atoms with Crippen molar-refractivity contribution in [2.24, 2.45) is 0 Å². The third-order valence-corrected chi connectivity index (χ3v) is 4.42. The third kappa shape index (κ3) is 9.52. The molecule has 0 saturated heterocycles. The highest BCUT2D eigenvalue weighted by atomic mass is 32.2. The molecule has 0 heterocycles. The van der Waals surface area contributed by atoms with Gasteiger partial charge in [0.05, 0.1) is 18.0 Å². The smallest absolute Gasteiger partial charge is 0.150 e. The van der Waals surface area contributed by atoms with Crippen LogP contribution in [0, 0.1) is 0 Å². The summed E-state index contributed by atoms with van der Waals surface area (Å²) in [6.07, 6.45) is 0.824. The second-order valence-electron chi connectivity index (χ2n) is 4.48. The van der Waals surface area contributed by atoms with Crippen molar-refractivity contribution in [3.05, 3.63) is 0 Å². The van der Waals surface area contributed by atoms with E-state index in [2.05, 4.69) is 5.32 Å². The summed E-state index contributed by atoms with van der Waals surface area (Å²) < 4.78 is 27.5. The zero-order valence-corrected chi connectivity index (χ0v) is 11.8. The molecule has 0 aromatic heterocycles. The second-order valence-corrected chi connectivity index (χ2v) is 6.95. The van der Waals surface area contributed by atoms with E-state index in [1.807, 2.05) is 0 Å².